The molecule has 0 bridgehead atoms. The van der Waals surface area contributed by atoms with Crippen molar-refractivity contribution < 1.29 is 4.39 Å². The highest BCUT2D eigenvalue weighted by atomic mass is 79.9. The normalized spacial score (nSPS) is 17.8. The molecule has 1 atom stereocenters. The van der Waals surface area contributed by atoms with Crippen LogP contribution in [0.15, 0.2) is 22.7 Å². The van der Waals surface area contributed by atoms with Crippen LogP contribution in [0.25, 0.3) is 0 Å². The molecule has 2 rings (SSSR count). The molecule has 106 valence electrons. The Labute approximate surface area is 123 Å². The first kappa shape index (κ1) is 14.9. The van der Waals surface area contributed by atoms with Crippen LogP contribution in [-0.2, 0) is 6.42 Å². The minimum atomic E-state index is -0.190. The third kappa shape index (κ3) is 4.55. The summed E-state index contributed by atoms with van der Waals surface area (Å²) in [6, 6.07) is 5.04. The number of nitrogens with one attached hydrogen (secondary N) is 1. The molecule has 0 spiro atoms. The van der Waals surface area contributed by atoms with Gasteiger partial charge >= 0.3 is 0 Å². The van der Waals surface area contributed by atoms with E-state index in [1.165, 1.54) is 38.2 Å². The van der Waals surface area contributed by atoms with E-state index in [1.54, 1.807) is 12.1 Å². The van der Waals surface area contributed by atoms with Gasteiger partial charge in [-0.05, 0) is 48.9 Å². The Bertz CT molecular complexity index is 405. The van der Waals surface area contributed by atoms with Gasteiger partial charge in [0.15, 0.2) is 0 Å². The monoisotopic (exact) mass is 328 g/mol. The summed E-state index contributed by atoms with van der Waals surface area (Å²) in [5, 5.41) is 0. The molecule has 0 heterocycles. The third-order valence-corrected chi connectivity index (χ3v) is 4.88. The number of benzene rings is 1. The van der Waals surface area contributed by atoms with E-state index in [2.05, 4.69) is 21.4 Å². The molecule has 3 N–H and O–H groups in total. The molecule has 1 unspecified atom stereocenters. The molecule has 1 fully saturated rings. The van der Waals surface area contributed by atoms with Gasteiger partial charge in [-0.25, -0.2) is 4.39 Å². The zero-order valence-corrected chi connectivity index (χ0v) is 12.8. The molecular formula is C15H22BrFN2. The van der Waals surface area contributed by atoms with Gasteiger partial charge in [0.05, 0.1) is 0 Å². The smallest absolute Gasteiger partial charge is 0.123 e. The first-order valence-corrected chi connectivity index (χ1v) is 7.88. The van der Waals surface area contributed by atoms with Gasteiger partial charge in [0.1, 0.15) is 5.82 Å². The number of nitrogens with two attached hydrogens (primary N) is 1. The molecule has 0 saturated heterocycles. The fourth-order valence-electron chi connectivity index (χ4n) is 2.95. The van der Waals surface area contributed by atoms with Crippen LogP contribution in [0, 0.1) is 11.7 Å². The summed E-state index contributed by atoms with van der Waals surface area (Å²) < 4.78 is 14.2. The summed E-state index contributed by atoms with van der Waals surface area (Å²) in [6.07, 6.45) is 8.52. The van der Waals surface area contributed by atoms with Gasteiger partial charge in [-0.15, -0.1) is 0 Å². The minimum absolute atomic E-state index is 0.190. The van der Waals surface area contributed by atoms with Crippen LogP contribution in [0.3, 0.4) is 0 Å². The van der Waals surface area contributed by atoms with Crippen LogP contribution in [0.2, 0.25) is 0 Å². The Morgan fingerprint density at radius 3 is 2.79 bits per heavy atom. The lowest BCUT2D eigenvalue weighted by Crippen LogP contribution is -2.37. The first-order valence-electron chi connectivity index (χ1n) is 7.09. The Hall–Kier alpha value is -0.450. The molecule has 0 radical (unpaired) electrons. The van der Waals surface area contributed by atoms with Crippen LogP contribution in [0.4, 0.5) is 4.39 Å². The van der Waals surface area contributed by atoms with Gasteiger partial charge in [-0.3, -0.25) is 11.3 Å². The summed E-state index contributed by atoms with van der Waals surface area (Å²) in [5.41, 5.74) is 3.86. The summed E-state index contributed by atoms with van der Waals surface area (Å²) in [6.45, 7) is 0. The highest BCUT2D eigenvalue weighted by molar-refractivity contribution is 9.10. The van der Waals surface area contributed by atoms with Crippen molar-refractivity contribution in [1.29, 1.82) is 0 Å². The lowest BCUT2D eigenvalue weighted by atomic mass is 9.95. The van der Waals surface area contributed by atoms with Crippen LogP contribution < -0.4 is 11.3 Å². The van der Waals surface area contributed by atoms with E-state index in [1.807, 2.05) is 0 Å². The fraction of sp³-hybridized carbons (Fsp3) is 0.600. The van der Waals surface area contributed by atoms with Gasteiger partial charge in [-0.2, -0.15) is 0 Å². The number of hydrogen-bond donors (Lipinski definition) is 2. The summed E-state index contributed by atoms with van der Waals surface area (Å²) in [4.78, 5) is 0. The number of rotatable bonds is 6. The topological polar surface area (TPSA) is 38.0 Å². The Morgan fingerprint density at radius 1 is 1.37 bits per heavy atom. The van der Waals surface area contributed by atoms with E-state index in [-0.39, 0.29) is 11.9 Å². The van der Waals surface area contributed by atoms with E-state index >= 15 is 0 Å². The van der Waals surface area contributed by atoms with E-state index in [9.17, 15) is 4.39 Å². The molecule has 1 aromatic carbocycles. The van der Waals surface area contributed by atoms with Gasteiger partial charge in [-0.1, -0.05) is 41.6 Å². The quantitative estimate of drug-likeness (QED) is 0.613. The molecule has 4 heteroatoms. The van der Waals surface area contributed by atoms with E-state index < -0.39 is 0 Å². The van der Waals surface area contributed by atoms with Crippen LogP contribution >= 0.6 is 15.9 Å². The molecule has 0 amide bonds. The second kappa shape index (κ2) is 7.36. The summed E-state index contributed by atoms with van der Waals surface area (Å²) in [5.74, 6) is 6.31. The van der Waals surface area contributed by atoms with Crippen molar-refractivity contribution in [2.45, 2.75) is 51.0 Å². The largest absolute Gasteiger partial charge is 0.271 e. The molecular weight excluding hydrogens is 307 g/mol. The minimum Gasteiger partial charge on any atom is -0.271 e. The van der Waals surface area contributed by atoms with Crippen LogP contribution in [-0.4, -0.2) is 6.04 Å². The van der Waals surface area contributed by atoms with Gasteiger partial charge < -0.3 is 0 Å². The van der Waals surface area contributed by atoms with Gasteiger partial charge in [0.25, 0.3) is 0 Å². The zero-order chi connectivity index (χ0) is 13.7. The maximum Gasteiger partial charge on any atom is 0.123 e. The summed E-state index contributed by atoms with van der Waals surface area (Å²) >= 11 is 3.47. The number of hydrogen-bond acceptors (Lipinski definition) is 2. The highest BCUT2D eigenvalue weighted by Gasteiger charge is 2.17. The Kier molecular flexibility index (Phi) is 5.79. The van der Waals surface area contributed by atoms with Gasteiger partial charge in [0.2, 0.25) is 0 Å². The Morgan fingerprint density at radius 2 is 2.11 bits per heavy atom. The fourth-order valence-corrected chi connectivity index (χ4v) is 3.35. The van der Waals surface area contributed by atoms with Crippen molar-refractivity contribution in [1.82, 2.24) is 5.43 Å². The maximum absolute atomic E-state index is 13.3. The van der Waals surface area contributed by atoms with E-state index in [0.717, 1.165) is 28.8 Å². The van der Waals surface area contributed by atoms with E-state index in [0.29, 0.717) is 0 Å². The lowest BCUT2D eigenvalue weighted by molar-refractivity contribution is 0.406. The molecule has 1 aliphatic rings. The van der Waals surface area contributed by atoms with Crippen molar-refractivity contribution >= 4 is 15.9 Å². The first-order chi connectivity index (χ1) is 9.19. The third-order valence-electron chi connectivity index (χ3n) is 4.11. The maximum atomic E-state index is 13.3. The molecule has 19 heavy (non-hydrogen) atoms. The average Bonchev–Trinajstić information content (AvgIpc) is 2.91. The molecule has 1 aromatic rings. The molecule has 1 saturated carbocycles. The number of hydrazine groups is 1. The van der Waals surface area contributed by atoms with Crippen molar-refractivity contribution in [3.8, 4) is 0 Å². The summed E-state index contributed by atoms with van der Waals surface area (Å²) in [7, 11) is 0. The predicted octanol–water partition coefficient (Wildman–Crippen LogP) is 3.93. The Balaban J connectivity index is 1.88. The van der Waals surface area contributed by atoms with Crippen LogP contribution in [0.5, 0.6) is 0 Å². The van der Waals surface area contributed by atoms with Crippen molar-refractivity contribution in [3.63, 3.8) is 0 Å². The molecule has 1 aliphatic carbocycles. The second-order valence-corrected chi connectivity index (χ2v) is 6.39. The van der Waals surface area contributed by atoms with Gasteiger partial charge in [0, 0.05) is 10.5 Å². The predicted molar refractivity (Wildman–Crippen MR) is 80.1 cm³/mol. The average molecular weight is 329 g/mol. The molecule has 2 nitrogen and oxygen atoms in total. The van der Waals surface area contributed by atoms with Crippen molar-refractivity contribution in [2.24, 2.45) is 11.8 Å². The zero-order valence-electron chi connectivity index (χ0n) is 11.2. The van der Waals surface area contributed by atoms with Crippen molar-refractivity contribution in [3.05, 3.63) is 34.1 Å². The molecule has 0 aliphatic heterocycles. The van der Waals surface area contributed by atoms with E-state index in [4.69, 9.17) is 5.84 Å². The van der Waals surface area contributed by atoms with Crippen LogP contribution in [0.1, 0.15) is 44.1 Å². The highest BCUT2D eigenvalue weighted by Crippen LogP contribution is 2.29. The van der Waals surface area contributed by atoms with Crippen molar-refractivity contribution in [2.75, 3.05) is 0 Å². The second-order valence-electron chi connectivity index (χ2n) is 5.53. The standard InChI is InChI=1S/C15H22BrFN2/c16-15-8-6-13(17)9-12(15)10-14(19-18)7-5-11-3-1-2-4-11/h6,8-9,11,14,19H,1-5,7,10,18H2. The molecule has 0 aromatic heterocycles. The SMILES string of the molecule is NNC(CCC1CCCC1)Cc1cc(F)ccc1Br. The number of halogens is 2. The lowest BCUT2D eigenvalue weighted by Gasteiger charge is -2.19.